The Bertz CT molecular complexity index is 896. The van der Waals surface area contributed by atoms with Crippen molar-refractivity contribution in [1.82, 2.24) is 14.5 Å². The smallest absolute Gasteiger partial charge is 0.266 e. The molecule has 1 aliphatic carbocycles. The molecular weight excluding hydrogens is 424 g/mol. The van der Waals surface area contributed by atoms with Gasteiger partial charge in [0.2, 0.25) is 11.9 Å². The first kappa shape index (κ1) is 22.7. The van der Waals surface area contributed by atoms with Crippen LogP contribution in [0.5, 0.6) is 0 Å². The van der Waals surface area contributed by atoms with Crippen LogP contribution in [0.4, 0.5) is 0 Å². The second kappa shape index (κ2) is 9.91. The second-order valence-electron chi connectivity index (χ2n) is 7.85. The first-order valence-corrected chi connectivity index (χ1v) is 13.5. The van der Waals surface area contributed by atoms with Gasteiger partial charge in [-0.25, -0.2) is 12.7 Å². The van der Waals surface area contributed by atoms with E-state index in [-0.39, 0.29) is 28.6 Å². The van der Waals surface area contributed by atoms with Crippen LogP contribution < -0.4 is 5.32 Å². The molecule has 1 unspecified atom stereocenters. The molecule has 3 rings (SSSR count). The number of hydrogen-bond donors (Lipinski definition) is 2. The molecule has 30 heavy (non-hydrogen) atoms. The molecule has 1 saturated carbocycles. The van der Waals surface area contributed by atoms with Crippen molar-refractivity contribution in [2.45, 2.75) is 49.5 Å². The lowest BCUT2D eigenvalue weighted by Crippen LogP contribution is -2.42. The van der Waals surface area contributed by atoms with E-state index in [9.17, 15) is 17.4 Å². The average Bonchev–Trinajstić information content (AvgIpc) is 3.10. The van der Waals surface area contributed by atoms with Crippen LogP contribution in [0.2, 0.25) is 0 Å². The van der Waals surface area contributed by atoms with Gasteiger partial charge in [-0.15, -0.1) is 0 Å². The summed E-state index contributed by atoms with van der Waals surface area (Å²) >= 11 is 0. The largest absolute Gasteiger partial charge is 0.355 e. The number of benzene rings is 1. The van der Waals surface area contributed by atoms with Gasteiger partial charge in [0, 0.05) is 36.2 Å². The molecule has 2 aliphatic rings. The predicted octanol–water partition coefficient (Wildman–Crippen LogP) is 1.30. The van der Waals surface area contributed by atoms with Crippen LogP contribution in [0.3, 0.4) is 0 Å². The van der Waals surface area contributed by atoms with Gasteiger partial charge in [0.25, 0.3) is 10.0 Å². The summed E-state index contributed by atoms with van der Waals surface area (Å²) in [6.07, 6.45) is 7.57. The van der Waals surface area contributed by atoms with Crippen LogP contribution in [-0.2, 0) is 32.0 Å². The molecule has 0 spiro atoms. The van der Waals surface area contributed by atoms with Crippen molar-refractivity contribution in [3.8, 4) is 0 Å². The number of carbonyl (C=O) groups excluding carboxylic acids is 1. The highest BCUT2D eigenvalue weighted by Crippen LogP contribution is 2.28. The highest BCUT2D eigenvalue weighted by atomic mass is 32.2. The SMILES string of the molecule is CS(=O)CC(=O)NCCc1ccc(S(=O)(=O)N2CCN(C3CCCCC3)C2=N)cc1. The third-order valence-corrected chi connectivity index (χ3v) is 8.12. The molecule has 1 heterocycles. The van der Waals surface area contributed by atoms with E-state index in [0.29, 0.717) is 26.1 Å². The van der Waals surface area contributed by atoms with Gasteiger partial charge in [0.15, 0.2) is 0 Å². The molecule has 166 valence electrons. The summed E-state index contributed by atoms with van der Waals surface area (Å²) in [6.45, 7) is 1.28. The Labute approximate surface area is 181 Å². The van der Waals surface area contributed by atoms with Crippen LogP contribution in [0.1, 0.15) is 37.7 Å². The standard InChI is InChI=1S/C20H30N4O4S2/c1-29(26)15-19(25)22-12-11-16-7-9-18(10-8-16)30(27,28)24-14-13-23(20(24)21)17-5-3-2-4-6-17/h7-10,17,21H,2-6,11-15H2,1H3,(H,22,25). The summed E-state index contributed by atoms with van der Waals surface area (Å²) in [6, 6.07) is 6.86. The monoisotopic (exact) mass is 454 g/mol. The van der Waals surface area contributed by atoms with Crippen molar-refractivity contribution in [3.05, 3.63) is 29.8 Å². The minimum Gasteiger partial charge on any atom is -0.355 e. The van der Waals surface area contributed by atoms with E-state index in [2.05, 4.69) is 5.32 Å². The number of rotatable bonds is 8. The Morgan fingerprint density at radius 2 is 1.83 bits per heavy atom. The molecule has 0 aromatic heterocycles. The fraction of sp³-hybridized carbons (Fsp3) is 0.600. The van der Waals surface area contributed by atoms with Gasteiger partial charge in [-0.2, -0.15) is 0 Å². The summed E-state index contributed by atoms with van der Waals surface area (Å²) in [5, 5.41) is 11.1. The Morgan fingerprint density at radius 1 is 1.17 bits per heavy atom. The Morgan fingerprint density at radius 3 is 2.47 bits per heavy atom. The molecule has 0 bridgehead atoms. The number of guanidine groups is 1. The van der Waals surface area contributed by atoms with Gasteiger partial charge in [-0.05, 0) is 37.0 Å². The van der Waals surface area contributed by atoms with Crippen LogP contribution in [0.15, 0.2) is 29.2 Å². The molecule has 2 N–H and O–H groups in total. The molecule has 0 radical (unpaired) electrons. The van der Waals surface area contributed by atoms with Crippen molar-refractivity contribution in [2.75, 3.05) is 31.6 Å². The van der Waals surface area contributed by atoms with Gasteiger partial charge in [-0.1, -0.05) is 31.4 Å². The summed E-state index contributed by atoms with van der Waals surface area (Å²) in [5.41, 5.74) is 0.896. The number of amides is 1. The first-order valence-electron chi connectivity index (χ1n) is 10.3. The van der Waals surface area contributed by atoms with Gasteiger partial charge >= 0.3 is 0 Å². The summed E-state index contributed by atoms with van der Waals surface area (Å²) in [4.78, 5) is 13.6. The van der Waals surface area contributed by atoms with E-state index in [1.165, 1.54) is 17.0 Å². The number of nitrogens with one attached hydrogen (secondary N) is 2. The van der Waals surface area contributed by atoms with Crippen LogP contribution >= 0.6 is 0 Å². The molecule has 1 aliphatic heterocycles. The zero-order valence-electron chi connectivity index (χ0n) is 17.3. The van der Waals surface area contributed by atoms with Crippen LogP contribution in [0, 0.1) is 5.41 Å². The molecule has 1 atom stereocenters. The van der Waals surface area contributed by atoms with Gasteiger partial charge in [-0.3, -0.25) is 14.4 Å². The lowest BCUT2D eigenvalue weighted by molar-refractivity contribution is -0.118. The second-order valence-corrected chi connectivity index (χ2v) is 11.1. The fourth-order valence-electron chi connectivity index (χ4n) is 4.07. The minimum atomic E-state index is -3.76. The van der Waals surface area contributed by atoms with Gasteiger partial charge in [0.1, 0.15) is 5.75 Å². The van der Waals surface area contributed by atoms with Crippen molar-refractivity contribution in [2.24, 2.45) is 0 Å². The predicted molar refractivity (Wildman–Crippen MR) is 117 cm³/mol. The molecule has 2 fully saturated rings. The van der Waals surface area contributed by atoms with Crippen molar-refractivity contribution >= 4 is 32.7 Å². The maximum Gasteiger partial charge on any atom is 0.266 e. The normalized spacial score (nSPS) is 19.2. The lowest BCUT2D eigenvalue weighted by Gasteiger charge is -2.32. The Hall–Kier alpha value is -1.94. The third kappa shape index (κ3) is 5.40. The van der Waals surface area contributed by atoms with Crippen molar-refractivity contribution in [3.63, 3.8) is 0 Å². The van der Waals surface area contributed by atoms with Gasteiger partial charge < -0.3 is 10.2 Å². The van der Waals surface area contributed by atoms with E-state index in [1.54, 1.807) is 24.3 Å². The number of hydrogen-bond acceptors (Lipinski definition) is 5. The summed E-state index contributed by atoms with van der Waals surface area (Å²) in [7, 11) is -4.93. The van der Waals surface area contributed by atoms with E-state index in [1.807, 2.05) is 4.90 Å². The molecule has 1 amide bonds. The minimum absolute atomic E-state index is 0.0170. The Balaban J connectivity index is 1.59. The maximum atomic E-state index is 13.1. The van der Waals surface area contributed by atoms with E-state index < -0.39 is 20.8 Å². The summed E-state index contributed by atoms with van der Waals surface area (Å²) in [5.74, 6) is -0.191. The summed E-state index contributed by atoms with van der Waals surface area (Å²) < 4.78 is 38.4. The molecular formula is C20H30N4O4S2. The topological polar surface area (TPSA) is 111 Å². The van der Waals surface area contributed by atoms with E-state index >= 15 is 0 Å². The highest BCUT2D eigenvalue weighted by Gasteiger charge is 2.38. The lowest BCUT2D eigenvalue weighted by atomic mass is 9.94. The zero-order chi connectivity index (χ0) is 21.7. The fourth-order valence-corrected chi connectivity index (χ4v) is 5.93. The van der Waals surface area contributed by atoms with Crippen LogP contribution in [0.25, 0.3) is 0 Å². The highest BCUT2D eigenvalue weighted by molar-refractivity contribution is 7.89. The average molecular weight is 455 g/mol. The Kier molecular flexibility index (Phi) is 7.51. The zero-order valence-corrected chi connectivity index (χ0v) is 18.9. The maximum absolute atomic E-state index is 13.1. The number of nitrogens with zero attached hydrogens (tertiary/aromatic N) is 2. The number of carbonyl (C=O) groups is 1. The van der Waals surface area contributed by atoms with Crippen molar-refractivity contribution < 1.29 is 17.4 Å². The molecule has 8 nitrogen and oxygen atoms in total. The first-order chi connectivity index (χ1) is 14.3. The number of sulfonamides is 1. The van der Waals surface area contributed by atoms with Crippen LogP contribution in [-0.4, -0.2) is 71.4 Å². The third-order valence-electron chi connectivity index (χ3n) is 5.65. The van der Waals surface area contributed by atoms with E-state index in [0.717, 1.165) is 31.2 Å². The molecule has 1 aromatic carbocycles. The van der Waals surface area contributed by atoms with Gasteiger partial charge in [0.05, 0.1) is 11.4 Å². The van der Waals surface area contributed by atoms with E-state index in [4.69, 9.17) is 5.41 Å². The molecule has 10 heteroatoms. The quantitative estimate of drug-likeness (QED) is 0.615. The molecule has 1 saturated heterocycles. The molecule has 1 aromatic rings. The van der Waals surface area contributed by atoms with Crippen molar-refractivity contribution in [1.29, 1.82) is 5.41 Å².